The summed E-state index contributed by atoms with van der Waals surface area (Å²) >= 11 is 0. The molecule has 1 amide bonds. The third-order valence-corrected chi connectivity index (χ3v) is 3.46. The standard InChI is InChI=1S/C15H21NO3/c1-4-15(17)16(5-2)11(3)8-12-6-7-13-14(9-12)19-10-18-13/h6-7,9,11H,4-5,8,10H2,1-3H3/t11-/m0/s1. The van der Waals surface area contributed by atoms with Gasteiger partial charge in [0.05, 0.1) is 0 Å². The van der Waals surface area contributed by atoms with Gasteiger partial charge >= 0.3 is 0 Å². The van der Waals surface area contributed by atoms with E-state index in [1.165, 1.54) is 5.56 Å². The largest absolute Gasteiger partial charge is 0.454 e. The lowest BCUT2D eigenvalue weighted by Gasteiger charge is -2.28. The number of hydrogen-bond donors (Lipinski definition) is 0. The van der Waals surface area contributed by atoms with E-state index in [0.717, 1.165) is 24.5 Å². The molecule has 0 unspecified atom stereocenters. The van der Waals surface area contributed by atoms with E-state index < -0.39 is 0 Å². The summed E-state index contributed by atoms with van der Waals surface area (Å²) < 4.78 is 10.7. The van der Waals surface area contributed by atoms with Crippen molar-refractivity contribution >= 4 is 5.91 Å². The predicted molar refractivity (Wildman–Crippen MR) is 73.4 cm³/mol. The molecule has 1 atom stereocenters. The van der Waals surface area contributed by atoms with E-state index >= 15 is 0 Å². The van der Waals surface area contributed by atoms with Gasteiger partial charge in [0.1, 0.15) is 0 Å². The highest BCUT2D eigenvalue weighted by Gasteiger charge is 2.19. The maximum atomic E-state index is 11.8. The zero-order valence-electron chi connectivity index (χ0n) is 11.8. The van der Waals surface area contributed by atoms with Crippen LogP contribution in [0.1, 0.15) is 32.8 Å². The molecule has 1 aromatic rings. The summed E-state index contributed by atoms with van der Waals surface area (Å²) in [5.41, 5.74) is 1.17. The van der Waals surface area contributed by atoms with Gasteiger partial charge in [-0.25, -0.2) is 0 Å². The first-order chi connectivity index (χ1) is 9.15. The number of carbonyl (C=O) groups excluding carboxylic acids is 1. The minimum atomic E-state index is 0.192. The van der Waals surface area contributed by atoms with Crippen LogP contribution in [0.2, 0.25) is 0 Å². The molecular weight excluding hydrogens is 242 g/mol. The second-order valence-electron chi connectivity index (χ2n) is 4.77. The fourth-order valence-electron chi connectivity index (χ4n) is 2.46. The SMILES string of the molecule is CCC(=O)N(CC)[C@@H](C)Cc1ccc2c(c1)OCO2. The van der Waals surface area contributed by atoms with Crippen LogP contribution in [-0.4, -0.2) is 30.2 Å². The van der Waals surface area contributed by atoms with Crippen molar-refractivity contribution in [3.8, 4) is 11.5 Å². The Morgan fingerprint density at radius 2 is 2.05 bits per heavy atom. The zero-order valence-corrected chi connectivity index (χ0v) is 11.8. The van der Waals surface area contributed by atoms with Crippen molar-refractivity contribution in [1.29, 1.82) is 0 Å². The van der Waals surface area contributed by atoms with Gasteiger partial charge in [0, 0.05) is 19.0 Å². The molecule has 1 aromatic carbocycles. The smallest absolute Gasteiger partial charge is 0.231 e. The maximum absolute atomic E-state index is 11.8. The monoisotopic (exact) mass is 263 g/mol. The Bertz CT molecular complexity index is 459. The average Bonchev–Trinajstić information content (AvgIpc) is 2.86. The fraction of sp³-hybridized carbons (Fsp3) is 0.533. The molecule has 19 heavy (non-hydrogen) atoms. The minimum absolute atomic E-state index is 0.192. The Morgan fingerprint density at radius 1 is 1.32 bits per heavy atom. The molecule has 1 heterocycles. The second kappa shape index (κ2) is 5.95. The molecule has 0 saturated carbocycles. The number of likely N-dealkylation sites (N-methyl/N-ethyl adjacent to an activating group) is 1. The quantitative estimate of drug-likeness (QED) is 0.819. The van der Waals surface area contributed by atoms with Crippen LogP contribution in [0.25, 0.3) is 0 Å². The third kappa shape index (κ3) is 3.00. The summed E-state index contributed by atoms with van der Waals surface area (Å²) in [4.78, 5) is 13.8. The third-order valence-electron chi connectivity index (χ3n) is 3.46. The summed E-state index contributed by atoms with van der Waals surface area (Å²) in [6.45, 7) is 7.05. The van der Waals surface area contributed by atoms with E-state index in [0.29, 0.717) is 13.2 Å². The zero-order chi connectivity index (χ0) is 13.8. The Kier molecular flexibility index (Phi) is 4.30. The van der Waals surface area contributed by atoms with E-state index in [9.17, 15) is 4.79 Å². The van der Waals surface area contributed by atoms with Crippen molar-refractivity contribution in [2.75, 3.05) is 13.3 Å². The molecule has 0 fully saturated rings. The molecule has 1 aliphatic rings. The van der Waals surface area contributed by atoms with Crippen molar-refractivity contribution in [2.24, 2.45) is 0 Å². The first kappa shape index (κ1) is 13.7. The number of ether oxygens (including phenoxy) is 2. The Morgan fingerprint density at radius 3 is 2.74 bits per heavy atom. The van der Waals surface area contributed by atoms with Gasteiger partial charge in [-0.3, -0.25) is 4.79 Å². The number of fused-ring (bicyclic) bond motifs is 1. The van der Waals surface area contributed by atoms with Gasteiger partial charge in [-0.15, -0.1) is 0 Å². The van der Waals surface area contributed by atoms with Crippen molar-refractivity contribution in [2.45, 2.75) is 39.7 Å². The normalized spacial score (nSPS) is 14.3. The Hall–Kier alpha value is -1.71. The highest BCUT2D eigenvalue weighted by molar-refractivity contribution is 5.76. The Labute approximate surface area is 114 Å². The van der Waals surface area contributed by atoms with Crippen LogP contribution in [0, 0.1) is 0 Å². The molecule has 104 valence electrons. The highest BCUT2D eigenvalue weighted by Crippen LogP contribution is 2.32. The summed E-state index contributed by atoms with van der Waals surface area (Å²) in [7, 11) is 0. The lowest BCUT2D eigenvalue weighted by molar-refractivity contribution is -0.132. The number of benzene rings is 1. The Balaban J connectivity index is 2.05. The van der Waals surface area contributed by atoms with E-state index in [1.54, 1.807) is 0 Å². The topological polar surface area (TPSA) is 38.8 Å². The molecule has 1 aliphatic heterocycles. The summed E-state index contributed by atoms with van der Waals surface area (Å²) in [6.07, 6.45) is 1.38. The molecule has 0 bridgehead atoms. The summed E-state index contributed by atoms with van der Waals surface area (Å²) in [6, 6.07) is 6.16. The first-order valence-electron chi connectivity index (χ1n) is 6.83. The van der Waals surface area contributed by atoms with Gasteiger partial charge in [0.25, 0.3) is 0 Å². The molecule has 2 rings (SSSR count). The van der Waals surface area contributed by atoms with E-state index in [4.69, 9.17) is 9.47 Å². The molecule has 0 N–H and O–H groups in total. The lowest BCUT2D eigenvalue weighted by Crippen LogP contribution is -2.39. The lowest BCUT2D eigenvalue weighted by atomic mass is 10.0. The first-order valence-corrected chi connectivity index (χ1v) is 6.83. The molecule has 4 heteroatoms. The maximum Gasteiger partial charge on any atom is 0.231 e. The minimum Gasteiger partial charge on any atom is -0.454 e. The van der Waals surface area contributed by atoms with Crippen molar-refractivity contribution < 1.29 is 14.3 Å². The van der Waals surface area contributed by atoms with E-state index in [-0.39, 0.29) is 11.9 Å². The fourth-order valence-corrected chi connectivity index (χ4v) is 2.46. The number of hydrogen-bond acceptors (Lipinski definition) is 3. The predicted octanol–water partition coefficient (Wildman–Crippen LogP) is 2.60. The van der Waals surface area contributed by atoms with Gasteiger partial charge in [-0.05, 0) is 38.0 Å². The van der Waals surface area contributed by atoms with Gasteiger partial charge in [0.15, 0.2) is 11.5 Å². The number of rotatable bonds is 5. The molecule has 0 aliphatic carbocycles. The van der Waals surface area contributed by atoms with Gasteiger partial charge in [-0.1, -0.05) is 13.0 Å². The van der Waals surface area contributed by atoms with E-state index in [1.807, 2.05) is 36.9 Å². The van der Waals surface area contributed by atoms with Gasteiger partial charge in [-0.2, -0.15) is 0 Å². The number of nitrogens with zero attached hydrogens (tertiary/aromatic N) is 1. The molecule has 0 aromatic heterocycles. The van der Waals surface area contributed by atoms with Crippen LogP contribution in [-0.2, 0) is 11.2 Å². The van der Waals surface area contributed by atoms with E-state index in [2.05, 4.69) is 6.92 Å². The molecular formula is C15H21NO3. The molecule has 0 saturated heterocycles. The number of carbonyl (C=O) groups is 1. The van der Waals surface area contributed by atoms with Crippen LogP contribution in [0.3, 0.4) is 0 Å². The van der Waals surface area contributed by atoms with Crippen molar-refractivity contribution in [1.82, 2.24) is 4.90 Å². The average molecular weight is 263 g/mol. The number of amides is 1. The van der Waals surface area contributed by atoms with Crippen LogP contribution in [0.4, 0.5) is 0 Å². The molecule has 0 spiro atoms. The highest BCUT2D eigenvalue weighted by atomic mass is 16.7. The van der Waals surface area contributed by atoms with Crippen LogP contribution >= 0.6 is 0 Å². The van der Waals surface area contributed by atoms with Crippen LogP contribution in [0.5, 0.6) is 11.5 Å². The van der Waals surface area contributed by atoms with Crippen LogP contribution in [0.15, 0.2) is 18.2 Å². The summed E-state index contributed by atoms with van der Waals surface area (Å²) in [5, 5.41) is 0. The van der Waals surface area contributed by atoms with Gasteiger partial charge in [0.2, 0.25) is 12.7 Å². The second-order valence-corrected chi connectivity index (χ2v) is 4.77. The van der Waals surface area contributed by atoms with Crippen molar-refractivity contribution in [3.63, 3.8) is 0 Å². The molecule has 0 radical (unpaired) electrons. The van der Waals surface area contributed by atoms with Crippen LogP contribution < -0.4 is 9.47 Å². The molecule has 4 nitrogen and oxygen atoms in total. The van der Waals surface area contributed by atoms with Gasteiger partial charge < -0.3 is 14.4 Å². The van der Waals surface area contributed by atoms with Crippen molar-refractivity contribution in [3.05, 3.63) is 23.8 Å². The summed E-state index contributed by atoms with van der Waals surface area (Å²) in [5.74, 6) is 1.80.